The summed E-state index contributed by atoms with van der Waals surface area (Å²) >= 11 is 3.53. The van der Waals surface area contributed by atoms with E-state index < -0.39 is 0 Å². The maximum Gasteiger partial charge on any atom is 0.0758 e. The van der Waals surface area contributed by atoms with E-state index in [-0.39, 0.29) is 5.41 Å². The Labute approximate surface area is 117 Å². The number of hydrogen-bond acceptors (Lipinski definition) is 2. The van der Waals surface area contributed by atoms with Crippen LogP contribution < -0.4 is 5.73 Å². The number of hydrogen-bond donors (Lipinski definition) is 1. The van der Waals surface area contributed by atoms with Crippen LogP contribution in [0.5, 0.6) is 0 Å². The minimum absolute atomic E-state index is 0.0143. The average molecular weight is 307 g/mol. The number of aromatic nitrogens is 1. The smallest absolute Gasteiger partial charge is 0.0758 e. The Balaban J connectivity index is 2.83. The third-order valence-electron chi connectivity index (χ3n) is 3.14. The molecule has 0 saturated carbocycles. The van der Waals surface area contributed by atoms with E-state index >= 15 is 0 Å². The lowest BCUT2D eigenvalue weighted by Crippen LogP contribution is -2.14. The number of benzene rings is 1. The molecule has 2 aromatic rings. The van der Waals surface area contributed by atoms with Gasteiger partial charge in [-0.3, -0.25) is 4.98 Å². The van der Waals surface area contributed by atoms with Crippen molar-refractivity contribution in [2.75, 3.05) is 5.73 Å². The Morgan fingerprint density at radius 1 is 1.22 bits per heavy atom. The number of nitrogens with zero attached hydrogens (tertiary/aromatic N) is 1. The number of fused-ring (bicyclic) bond motifs is 1. The molecule has 0 aliphatic rings. The first-order chi connectivity index (χ1) is 8.32. The lowest BCUT2D eigenvalue weighted by atomic mass is 9.90. The number of halogens is 1. The summed E-state index contributed by atoms with van der Waals surface area (Å²) in [6.07, 6.45) is 0.954. The molecule has 1 aromatic carbocycles. The zero-order chi connectivity index (χ0) is 13.5. The number of nitrogen functional groups attached to an aromatic ring is 1. The van der Waals surface area contributed by atoms with Crippen LogP contribution in [-0.4, -0.2) is 4.98 Å². The highest BCUT2D eigenvalue weighted by Crippen LogP contribution is 2.31. The summed E-state index contributed by atoms with van der Waals surface area (Å²) in [5, 5.41) is 1.04. The van der Waals surface area contributed by atoms with Gasteiger partial charge in [0.25, 0.3) is 0 Å². The number of pyridine rings is 1. The average Bonchev–Trinajstić information content (AvgIpc) is 2.27. The van der Waals surface area contributed by atoms with E-state index in [2.05, 4.69) is 49.7 Å². The molecule has 18 heavy (non-hydrogen) atoms. The second-order valence-corrected chi connectivity index (χ2v) is 6.58. The largest absolute Gasteiger partial charge is 0.398 e. The molecule has 0 amide bonds. The molecule has 96 valence electrons. The highest BCUT2D eigenvalue weighted by atomic mass is 79.9. The maximum absolute atomic E-state index is 6.19. The van der Waals surface area contributed by atoms with Crippen LogP contribution in [0.1, 0.15) is 39.0 Å². The fourth-order valence-corrected chi connectivity index (χ4v) is 2.54. The predicted molar refractivity (Wildman–Crippen MR) is 81.9 cm³/mol. The standard InChI is InChI=1S/C15H19BrN2/c1-5-9-6-10(16)7-11-12(17)8-13(15(2,3)4)18-14(9)11/h6-8H,5H2,1-4H3,(H2,17,18). The first-order valence-corrected chi connectivity index (χ1v) is 7.01. The van der Waals surface area contributed by atoms with Crippen molar-refractivity contribution in [1.82, 2.24) is 4.98 Å². The zero-order valence-electron chi connectivity index (χ0n) is 11.3. The van der Waals surface area contributed by atoms with E-state index in [4.69, 9.17) is 10.7 Å². The number of aryl methyl sites for hydroxylation is 1. The Morgan fingerprint density at radius 2 is 1.89 bits per heavy atom. The molecule has 0 spiro atoms. The van der Waals surface area contributed by atoms with Gasteiger partial charge in [-0.05, 0) is 30.2 Å². The van der Waals surface area contributed by atoms with Gasteiger partial charge in [0.1, 0.15) is 0 Å². The maximum atomic E-state index is 6.19. The number of nitrogens with two attached hydrogens (primary N) is 1. The van der Waals surface area contributed by atoms with Crippen molar-refractivity contribution in [2.45, 2.75) is 39.5 Å². The van der Waals surface area contributed by atoms with Crippen molar-refractivity contribution in [3.63, 3.8) is 0 Å². The van der Waals surface area contributed by atoms with Crippen LogP contribution in [0.2, 0.25) is 0 Å². The molecule has 0 unspecified atom stereocenters. The summed E-state index contributed by atoms with van der Waals surface area (Å²) in [4.78, 5) is 4.82. The molecule has 1 heterocycles. The van der Waals surface area contributed by atoms with Crippen LogP contribution >= 0.6 is 15.9 Å². The molecule has 0 radical (unpaired) electrons. The second kappa shape index (κ2) is 4.54. The van der Waals surface area contributed by atoms with Crippen LogP contribution in [0.4, 0.5) is 5.69 Å². The van der Waals surface area contributed by atoms with Gasteiger partial charge in [0.2, 0.25) is 0 Å². The summed E-state index contributed by atoms with van der Waals surface area (Å²) in [6.45, 7) is 8.62. The molecule has 0 bridgehead atoms. The Kier molecular flexibility index (Phi) is 3.37. The van der Waals surface area contributed by atoms with Gasteiger partial charge in [-0.15, -0.1) is 0 Å². The Morgan fingerprint density at radius 3 is 2.44 bits per heavy atom. The summed E-state index contributed by atoms with van der Waals surface area (Å²) in [6, 6.07) is 6.17. The van der Waals surface area contributed by atoms with E-state index in [1.54, 1.807) is 0 Å². The molecule has 2 rings (SSSR count). The molecule has 0 aliphatic heterocycles. The molecule has 1 aromatic heterocycles. The minimum Gasteiger partial charge on any atom is -0.398 e. The predicted octanol–water partition coefficient (Wildman–Crippen LogP) is 4.44. The first kappa shape index (κ1) is 13.3. The normalized spacial score (nSPS) is 12.1. The first-order valence-electron chi connectivity index (χ1n) is 6.22. The summed E-state index contributed by atoms with van der Waals surface area (Å²) in [7, 11) is 0. The molecule has 0 fully saturated rings. The summed E-state index contributed by atoms with van der Waals surface area (Å²) in [5.41, 5.74) is 10.3. The van der Waals surface area contributed by atoms with Gasteiger partial charge in [-0.1, -0.05) is 43.6 Å². The highest BCUT2D eigenvalue weighted by Gasteiger charge is 2.18. The highest BCUT2D eigenvalue weighted by molar-refractivity contribution is 9.10. The lowest BCUT2D eigenvalue weighted by Gasteiger charge is -2.20. The fraction of sp³-hybridized carbons (Fsp3) is 0.400. The van der Waals surface area contributed by atoms with Gasteiger partial charge in [0.15, 0.2) is 0 Å². The monoisotopic (exact) mass is 306 g/mol. The van der Waals surface area contributed by atoms with E-state index in [1.165, 1.54) is 5.56 Å². The van der Waals surface area contributed by atoms with Gasteiger partial charge in [-0.25, -0.2) is 0 Å². The zero-order valence-corrected chi connectivity index (χ0v) is 12.9. The van der Waals surface area contributed by atoms with Crippen LogP contribution in [-0.2, 0) is 11.8 Å². The molecule has 3 heteroatoms. The summed E-state index contributed by atoms with van der Waals surface area (Å²) in [5.74, 6) is 0. The molecule has 0 aliphatic carbocycles. The van der Waals surface area contributed by atoms with Crippen LogP contribution in [0.15, 0.2) is 22.7 Å². The van der Waals surface area contributed by atoms with Gasteiger partial charge >= 0.3 is 0 Å². The van der Waals surface area contributed by atoms with Crippen LogP contribution in [0.3, 0.4) is 0 Å². The van der Waals surface area contributed by atoms with Gasteiger partial charge < -0.3 is 5.73 Å². The molecule has 0 atom stereocenters. The fourth-order valence-electron chi connectivity index (χ4n) is 2.04. The van der Waals surface area contributed by atoms with Crippen molar-refractivity contribution >= 4 is 32.5 Å². The minimum atomic E-state index is 0.0143. The summed E-state index contributed by atoms with van der Waals surface area (Å²) < 4.78 is 1.06. The van der Waals surface area contributed by atoms with E-state index in [0.717, 1.165) is 33.2 Å². The third-order valence-corrected chi connectivity index (χ3v) is 3.60. The van der Waals surface area contributed by atoms with Crippen molar-refractivity contribution < 1.29 is 0 Å². The van der Waals surface area contributed by atoms with Crippen molar-refractivity contribution in [2.24, 2.45) is 0 Å². The third kappa shape index (κ3) is 2.37. The Hall–Kier alpha value is -1.09. The number of rotatable bonds is 1. The van der Waals surface area contributed by atoms with Crippen molar-refractivity contribution in [3.05, 3.63) is 33.9 Å². The lowest BCUT2D eigenvalue weighted by molar-refractivity contribution is 0.571. The molecule has 2 nitrogen and oxygen atoms in total. The van der Waals surface area contributed by atoms with Gasteiger partial charge in [0, 0.05) is 26.7 Å². The van der Waals surface area contributed by atoms with Gasteiger partial charge in [-0.2, -0.15) is 0 Å². The van der Waals surface area contributed by atoms with E-state index in [9.17, 15) is 0 Å². The van der Waals surface area contributed by atoms with E-state index in [0.29, 0.717) is 0 Å². The SMILES string of the molecule is CCc1cc(Br)cc2c(N)cc(C(C)(C)C)nc12. The van der Waals surface area contributed by atoms with E-state index in [1.807, 2.05) is 12.1 Å². The molecular formula is C15H19BrN2. The van der Waals surface area contributed by atoms with Gasteiger partial charge in [0.05, 0.1) is 5.52 Å². The second-order valence-electron chi connectivity index (χ2n) is 5.66. The number of anilines is 1. The molecule has 2 N–H and O–H groups in total. The van der Waals surface area contributed by atoms with Crippen molar-refractivity contribution in [3.8, 4) is 0 Å². The Bertz CT molecular complexity index is 597. The van der Waals surface area contributed by atoms with Crippen molar-refractivity contribution in [1.29, 1.82) is 0 Å². The molecular weight excluding hydrogens is 288 g/mol. The van der Waals surface area contributed by atoms with Crippen LogP contribution in [0, 0.1) is 0 Å². The quantitative estimate of drug-likeness (QED) is 0.846. The topological polar surface area (TPSA) is 38.9 Å². The van der Waals surface area contributed by atoms with Crippen LogP contribution in [0.25, 0.3) is 10.9 Å². The molecule has 0 saturated heterocycles.